The summed E-state index contributed by atoms with van der Waals surface area (Å²) in [5.74, 6) is 0. The minimum Gasteiger partial charge on any atom is -0.127 e. The lowest BCUT2D eigenvalue weighted by Gasteiger charge is -2.12. The van der Waals surface area contributed by atoms with Crippen molar-refractivity contribution >= 4 is 61.4 Å². The monoisotopic (exact) mass is 376 g/mol. The van der Waals surface area contributed by atoms with E-state index >= 15 is 0 Å². The highest BCUT2D eigenvalue weighted by Gasteiger charge is 2.15. The molecule has 0 unspecified atom stereocenters. The Morgan fingerprint density at radius 3 is 2.62 bits per heavy atom. The number of halogens is 1. The van der Waals surface area contributed by atoms with Crippen molar-refractivity contribution in [3.63, 3.8) is 0 Å². The van der Waals surface area contributed by atoms with Crippen molar-refractivity contribution in [2.75, 3.05) is 6.26 Å². The molecule has 0 aliphatic heterocycles. The molecule has 4 heteroatoms. The summed E-state index contributed by atoms with van der Waals surface area (Å²) >= 11 is 12.1. The number of hydrogen-bond acceptors (Lipinski definition) is 3. The zero-order valence-corrected chi connectivity index (χ0v) is 13.2. The Kier molecular flexibility index (Phi) is 4.05. The van der Waals surface area contributed by atoms with Crippen LogP contribution in [0.4, 0.5) is 0 Å². The van der Waals surface area contributed by atoms with Gasteiger partial charge in [-0.2, -0.15) is 0 Å². The highest BCUT2D eigenvalue weighted by Crippen LogP contribution is 2.38. The molecule has 16 heavy (non-hydrogen) atoms. The first kappa shape index (κ1) is 12.5. The predicted molar refractivity (Wildman–Crippen MR) is 87.5 cm³/mol. The van der Waals surface area contributed by atoms with Gasteiger partial charge in [-0.3, -0.25) is 0 Å². The molecule has 2 aromatic carbocycles. The number of thioether (sulfide) groups is 1. The zero-order chi connectivity index (χ0) is 11.7. The van der Waals surface area contributed by atoms with Gasteiger partial charge in [0.1, 0.15) is 0 Å². The molecule has 0 bridgehead atoms. The van der Waals surface area contributed by atoms with Gasteiger partial charge in [0.05, 0.1) is 9.02 Å². The fourth-order valence-corrected chi connectivity index (χ4v) is 4.19. The van der Waals surface area contributed by atoms with Crippen LogP contribution < -0.4 is 0 Å². The summed E-state index contributed by atoms with van der Waals surface area (Å²) in [5, 5.41) is 0. The molecule has 0 N–H and O–H groups in total. The fourth-order valence-electron chi connectivity index (χ4n) is 1.55. The third-order valence-corrected chi connectivity index (χ3v) is 5.78. The highest BCUT2D eigenvalue weighted by atomic mass is 127. The van der Waals surface area contributed by atoms with Crippen LogP contribution in [0.1, 0.15) is 0 Å². The average Bonchev–Trinajstić information content (AvgIpc) is 2.34. The van der Waals surface area contributed by atoms with Crippen LogP contribution in [0, 0.1) is 12.6 Å². The first-order valence-corrected chi connectivity index (χ1v) is 9.19. The van der Waals surface area contributed by atoms with Crippen LogP contribution in [0.3, 0.4) is 0 Å². The molecule has 0 atom stereocenters. The van der Waals surface area contributed by atoms with Gasteiger partial charge in [-0.25, -0.2) is 0 Å². The average molecular weight is 376 g/mol. The van der Waals surface area contributed by atoms with Crippen molar-refractivity contribution in [2.45, 2.75) is 4.90 Å². The van der Waals surface area contributed by atoms with Gasteiger partial charge in [0.2, 0.25) is 0 Å². The Hall–Kier alpha value is 0.0900. The van der Waals surface area contributed by atoms with Crippen LogP contribution >= 0.6 is 56.9 Å². The summed E-state index contributed by atoms with van der Waals surface area (Å²) in [6, 6.07) is 8.50. The normalized spacial score (nSPS) is 10.8. The van der Waals surface area contributed by atoms with Crippen LogP contribution in [0.15, 0.2) is 29.2 Å². The lowest BCUT2D eigenvalue weighted by molar-refractivity contribution is 1.34. The molecule has 82 valence electrons. The van der Waals surface area contributed by atoms with E-state index in [-0.39, 0.29) is 20.7 Å². The van der Waals surface area contributed by atoms with E-state index in [1.54, 1.807) is 11.8 Å². The summed E-state index contributed by atoms with van der Waals surface area (Å²) < 4.78 is 7.04. The van der Waals surface area contributed by atoms with E-state index in [0.717, 1.165) is 14.6 Å². The van der Waals surface area contributed by atoms with Crippen molar-refractivity contribution in [1.29, 1.82) is 0 Å². The van der Waals surface area contributed by atoms with Gasteiger partial charge < -0.3 is 0 Å². The maximum absolute atomic E-state index is 5.31. The van der Waals surface area contributed by atoms with Gasteiger partial charge in [0.15, 0.2) is 0 Å². The molecule has 0 saturated heterocycles. The summed E-state index contributed by atoms with van der Waals surface area (Å²) in [6.07, 6.45) is 2.04. The molecule has 0 nitrogen and oxygen atoms in total. The van der Waals surface area contributed by atoms with Gasteiger partial charge in [-0.15, -0.1) is 11.8 Å². The van der Waals surface area contributed by atoms with Gasteiger partial charge in [-0.1, -0.05) is 61.8 Å². The van der Waals surface area contributed by atoms with Crippen molar-refractivity contribution in [1.82, 2.24) is 0 Å². The van der Waals surface area contributed by atoms with E-state index in [9.17, 15) is 0 Å². The number of benzene rings is 1. The van der Waals surface area contributed by atoms with Crippen molar-refractivity contribution in [2.24, 2.45) is 0 Å². The molecule has 2 rings (SSSR count). The molecule has 0 aromatic heterocycles. The summed E-state index contributed by atoms with van der Waals surface area (Å²) in [7, 11) is 0. The lowest BCUT2D eigenvalue weighted by Crippen LogP contribution is -1.91. The van der Waals surface area contributed by atoms with Crippen molar-refractivity contribution in [3.05, 3.63) is 36.9 Å². The standard InChI is InChI=1S/C12H9IS3/c1-13-8-5-3-4-7(6-8)9-10(14)11(15)12(9)16-2/h3-6H,1H2,2H3. The molecule has 0 fully saturated rings. The number of hydrogen-bond donors (Lipinski definition) is 0. The lowest BCUT2D eigenvalue weighted by atomic mass is 10.0. The molecule has 2 aromatic rings. The summed E-state index contributed by atoms with van der Waals surface area (Å²) in [5.41, 5.74) is 2.36. The van der Waals surface area contributed by atoms with E-state index in [1.807, 2.05) is 6.26 Å². The van der Waals surface area contributed by atoms with E-state index in [4.69, 9.17) is 24.4 Å². The second kappa shape index (κ2) is 5.16. The van der Waals surface area contributed by atoms with E-state index in [2.05, 4.69) is 28.8 Å². The van der Waals surface area contributed by atoms with Crippen LogP contribution in [-0.2, 0) is 0 Å². The van der Waals surface area contributed by atoms with Gasteiger partial charge in [0.25, 0.3) is 0 Å². The predicted octanol–water partition coefficient (Wildman–Crippen LogP) is 4.98. The molecule has 0 aliphatic carbocycles. The molecule has 0 saturated carbocycles. The van der Waals surface area contributed by atoms with Crippen LogP contribution in [-0.4, -0.2) is 10.8 Å². The van der Waals surface area contributed by atoms with E-state index in [0.29, 0.717) is 0 Å². The Morgan fingerprint density at radius 1 is 1.25 bits per heavy atom. The largest absolute Gasteiger partial charge is 0.127 e. The molecule has 0 radical (unpaired) electrons. The second-order valence-corrected chi connectivity index (χ2v) is 6.85. The Labute approximate surface area is 120 Å². The first-order chi connectivity index (χ1) is 7.69. The maximum atomic E-state index is 5.31. The minimum atomic E-state index is -0.115. The van der Waals surface area contributed by atoms with E-state index < -0.39 is 0 Å². The molecular formula is C12H9IS3. The molecule has 0 amide bonds. The fraction of sp³-hybridized carbons (Fsp3) is 0.0833. The molecule has 0 spiro atoms. The van der Waals surface area contributed by atoms with Crippen molar-refractivity contribution in [3.8, 4) is 11.1 Å². The quantitative estimate of drug-likeness (QED) is 0.421. The third kappa shape index (κ3) is 2.08. The van der Waals surface area contributed by atoms with Crippen LogP contribution in [0.5, 0.6) is 0 Å². The van der Waals surface area contributed by atoms with Gasteiger partial charge >= 0.3 is 0 Å². The minimum absolute atomic E-state index is 0.115. The summed E-state index contributed by atoms with van der Waals surface area (Å²) in [4.78, 5) is 1.17. The van der Waals surface area contributed by atoms with Gasteiger partial charge in [0, 0.05) is 14.0 Å². The molecular weight excluding hydrogens is 367 g/mol. The zero-order valence-electron chi connectivity index (χ0n) is 8.62. The third-order valence-electron chi connectivity index (χ3n) is 2.34. The Morgan fingerprint density at radius 2 is 2.00 bits per heavy atom. The van der Waals surface area contributed by atoms with Gasteiger partial charge in [-0.05, 0) is 24.0 Å². The topological polar surface area (TPSA) is 0 Å². The maximum Gasteiger partial charge on any atom is 0.0706 e. The molecule has 0 aliphatic rings. The Balaban J connectivity index is 2.60. The summed E-state index contributed by atoms with van der Waals surface area (Å²) in [6.45, 7) is 0. The molecule has 0 heterocycles. The highest BCUT2D eigenvalue weighted by molar-refractivity contribution is 14.2. The number of rotatable bonds is 3. The SMILES string of the molecule is C=Ic1cccc(-c2c(SC)c(=S)c2=S)c1. The van der Waals surface area contributed by atoms with Crippen molar-refractivity contribution < 1.29 is 0 Å². The second-order valence-electron chi connectivity index (χ2n) is 3.21. The van der Waals surface area contributed by atoms with Crippen LogP contribution in [0.2, 0.25) is 0 Å². The first-order valence-electron chi connectivity index (χ1n) is 4.55. The Bertz CT molecular complexity index is 621. The smallest absolute Gasteiger partial charge is 0.0706 e. The van der Waals surface area contributed by atoms with E-state index in [1.165, 1.54) is 14.0 Å². The van der Waals surface area contributed by atoms with Crippen LogP contribution in [0.25, 0.3) is 11.1 Å².